The van der Waals surface area contributed by atoms with Crippen LogP contribution in [0.15, 0.2) is 83.5 Å². The van der Waals surface area contributed by atoms with Crippen LogP contribution in [-0.4, -0.2) is 46.1 Å². The minimum Gasteiger partial charge on any atom is -0.360 e. The van der Waals surface area contributed by atoms with Gasteiger partial charge in [0.25, 0.3) is 11.8 Å². The van der Waals surface area contributed by atoms with Gasteiger partial charge in [-0.2, -0.15) is 0 Å². The Labute approximate surface area is 205 Å². The van der Waals surface area contributed by atoms with Gasteiger partial charge in [-0.25, -0.2) is 0 Å². The molecule has 0 spiro atoms. The summed E-state index contributed by atoms with van der Waals surface area (Å²) in [6.07, 6.45) is 3.09. The standard InChI is InChI=1S/C28H30N4O3/c1-20-25(26(30-35-20)22-13-8-5-9-14-22)28(34)32(3)23(19-21-11-6-4-7-12-21)16-17-29-27(33)24-15-10-18-31(24)2/h4-15,18,23H,16-17,19H2,1-3H3,(H,29,33)/t23-/m1/s1. The highest BCUT2D eigenvalue weighted by molar-refractivity contribution is 6.00. The summed E-state index contributed by atoms with van der Waals surface area (Å²) >= 11 is 0. The first-order valence-corrected chi connectivity index (χ1v) is 11.7. The lowest BCUT2D eigenvalue weighted by Gasteiger charge is -2.29. The van der Waals surface area contributed by atoms with Crippen LogP contribution in [0.2, 0.25) is 0 Å². The van der Waals surface area contributed by atoms with Crippen LogP contribution in [0.4, 0.5) is 0 Å². The SMILES string of the molecule is Cc1onc(-c2ccccc2)c1C(=O)N(C)[C@H](CCNC(=O)c1cccn1C)Cc1ccccc1. The first kappa shape index (κ1) is 24.0. The third-order valence-electron chi connectivity index (χ3n) is 6.25. The highest BCUT2D eigenvalue weighted by atomic mass is 16.5. The number of amides is 2. The Morgan fingerprint density at radius 3 is 2.37 bits per heavy atom. The number of hydrogen-bond donors (Lipinski definition) is 1. The summed E-state index contributed by atoms with van der Waals surface area (Å²) in [6, 6.07) is 23.1. The van der Waals surface area contributed by atoms with Crippen molar-refractivity contribution in [2.75, 3.05) is 13.6 Å². The van der Waals surface area contributed by atoms with Crippen molar-refractivity contribution in [3.05, 3.63) is 102 Å². The fraction of sp³-hybridized carbons (Fsp3) is 0.250. The van der Waals surface area contributed by atoms with Crippen LogP contribution in [0, 0.1) is 6.92 Å². The number of aromatic nitrogens is 2. The zero-order chi connectivity index (χ0) is 24.8. The minimum atomic E-state index is -0.155. The Hall–Kier alpha value is -4.13. The predicted octanol–water partition coefficient (Wildman–Crippen LogP) is 4.49. The van der Waals surface area contributed by atoms with Gasteiger partial charge in [0.15, 0.2) is 0 Å². The molecule has 0 aliphatic carbocycles. The van der Waals surface area contributed by atoms with Gasteiger partial charge in [0.05, 0.1) is 0 Å². The predicted molar refractivity (Wildman–Crippen MR) is 135 cm³/mol. The van der Waals surface area contributed by atoms with Crippen molar-refractivity contribution in [1.82, 2.24) is 19.9 Å². The van der Waals surface area contributed by atoms with Gasteiger partial charge in [-0.05, 0) is 37.5 Å². The van der Waals surface area contributed by atoms with Crippen molar-refractivity contribution < 1.29 is 14.1 Å². The summed E-state index contributed by atoms with van der Waals surface area (Å²) in [5.41, 5.74) is 3.55. The van der Waals surface area contributed by atoms with Crippen molar-refractivity contribution in [2.45, 2.75) is 25.8 Å². The lowest BCUT2D eigenvalue weighted by Crippen LogP contribution is -2.41. The van der Waals surface area contributed by atoms with Crippen LogP contribution in [0.25, 0.3) is 11.3 Å². The van der Waals surface area contributed by atoms with Gasteiger partial charge in [0.2, 0.25) is 0 Å². The lowest BCUT2D eigenvalue weighted by molar-refractivity contribution is 0.0721. The van der Waals surface area contributed by atoms with Crippen LogP contribution < -0.4 is 5.32 Å². The Balaban J connectivity index is 1.54. The summed E-state index contributed by atoms with van der Waals surface area (Å²) in [5.74, 6) is 0.194. The summed E-state index contributed by atoms with van der Waals surface area (Å²) in [7, 11) is 3.64. The molecule has 0 aliphatic rings. The molecule has 0 radical (unpaired) electrons. The van der Waals surface area contributed by atoms with E-state index in [-0.39, 0.29) is 17.9 Å². The molecule has 1 N–H and O–H groups in total. The zero-order valence-corrected chi connectivity index (χ0v) is 20.3. The number of carbonyl (C=O) groups is 2. The molecule has 2 heterocycles. The molecular weight excluding hydrogens is 440 g/mol. The van der Waals surface area contributed by atoms with Gasteiger partial charge in [0, 0.05) is 38.4 Å². The Kier molecular flexibility index (Phi) is 7.45. The van der Waals surface area contributed by atoms with E-state index >= 15 is 0 Å². The van der Waals surface area contributed by atoms with Crippen molar-refractivity contribution in [1.29, 1.82) is 0 Å². The van der Waals surface area contributed by atoms with Gasteiger partial charge in [0.1, 0.15) is 22.7 Å². The molecule has 0 aliphatic heterocycles. The molecule has 0 unspecified atom stereocenters. The van der Waals surface area contributed by atoms with Gasteiger partial charge in [-0.3, -0.25) is 9.59 Å². The molecule has 2 aromatic heterocycles. The fourth-order valence-corrected chi connectivity index (χ4v) is 4.22. The maximum atomic E-state index is 13.7. The Morgan fingerprint density at radius 1 is 1.03 bits per heavy atom. The minimum absolute atomic E-state index is 0.133. The third-order valence-corrected chi connectivity index (χ3v) is 6.25. The molecule has 0 saturated carbocycles. The molecule has 0 saturated heterocycles. The normalized spacial score (nSPS) is 11.7. The molecule has 1 atom stereocenters. The van der Waals surface area contributed by atoms with E-state index in [1.54, 1.807) is 29.5 Å². The van der Waals surface area contributed by atoms with E-state index in [1.807, 2.05) is 80.0 Å². The fourth-order valence-electron chi connectivity index (χ4n) is 4.22. The number of aryl methyl sites for hydroxylation is 2. The van der Waals surface area contributed by atoms with Crippen molar-refractivity contribution in [2.24, 2.45) is 7.05 Å². The van der Waals surface area contributed by atoms with Crippen LogP contribution in [0.1, 0.15) is 38.6 Å². The second kappa shape index (κ2) is 10.9. The largest absolute Gasteiger partial charge is 0.360 e. The van der Waals surface area contributed by atoms with Gasteiger partial charge < -0.3 is 19.3 Å². The van der Waals surface area contributed by atoms with Crippen molar-refractivity contribution in [3.8, 4) is 11.3 Å². The Bertz CT molecular complexity index is 1280. The second-order valence-electron chi connectivity index (χ2n) is 8.64. The monoisotopic (exact) mass is 470 g/mol. The number of nitrogens with zero attached hydrogens (tertiary/aromatic N) is 3. The molecule has 2 aromatic carbocycles. The van der Waals surface area contributed by atoms with Crippen LogP contribution in [0.5, 0.6) is 0 Å². The first-order valence-electron chi connectivity index (χ1n) is 11.7. The van der Waals surface area contributed by atoms with E-state index in [0.29, 0.717) is 42.1 Å². The zero-order valence-electron chi connectivity index (χ0n) is 20.3. The number of nitrogens with one attached hydrogen (secondary N) is 1. The van der Waals surface area contributed by atoms with Crippen LogP contribution >= 0.6 is 0 Å². The molecule has 0 fully saturated rings. The van der Waals surface area contributed by atoms with E-state index in [4.69, 9.17) is 4.52 Å². The number of carbonyl (C=O) groups excluding carboxylic acids is 2. The second-order valence-corrected chi connectivity index (χ2v) is 8.64. The van der Waals surface area contributed by atoms with Gasteiger partial charge in [-0.15, -0.1) is 0 Å². The number of likely N-dealkylation sites (N-methyl/N-ethyl adjacent to an activating group) is 1. The average Bonchev–Trinajstić information content (AvgIpc) is 3.49. The van der Waals surface area contributed by atoms with E-state index in [2.05, 4.69) is 10.5 Å². The molecule has 4 rings (SSSR count). The van der Waals surface area contributed by atoms with E-state index in [1.165, 1.54) is 0 Å². The summed E-state index contributed by atoms with van der Waals surface area (Å²) in [5, 5.41) is 7.16. The third kappa shape index (κ3) is 5.51. The summed E-state index contributed by atoms with van der Waals surface area (Å²) in [6.45, 7) is 2.19. The highest BCUT2D eigenvalue weighted by Crippen LogP contribution is 2.27. The van der Waals surface area contributed by atoms with Crippen LogP contribution in [0.3, 0.4) is 0 Å². The molecule has 2 amide bonds. The van der Waals surface area contributed by atoms with Crippen molar-refractivity contribution >= 4 is 11.8 Å². The maximum Gasteiger partial charge on any atom is 0.267 e. The van der Waals surface area contributed by atoms with E-state index in [9.17, 15) is 9.59 Å². The van der Waals surface area contributed by atoms with Crippen molar-refractivity contribution in [3.63, 3.8) is 0 Å². The molecule has 4 aromatic rings. The van der Waals surface area contributed by atoms with Crippen LogP contribution in [-0.2, 0) is 13.5 Å². The highest BCUT2D eigenvalue weighted by Gasteiger charge is 2.28. The van der Waals surface area contributed by atoms with Gasteiger partial charge >= 0.3 is 0 Å². The summed E-state index contributed by atoms with van der Waals surface area (Å²) < 4.78 is 7.21. The Morgan fingerprint density at radius 2 is 1.71 bits per heavy atom. The molecule has 35 heavy (non-hydrogen) atoms. The number of benzene rings is 2. The molecule has 7 nitrogen and oxygen atoms in total. The maximum absolute atomic E-state index is 13.7. The topological polar surface area (TPSA) is 80.4 Å². The number of rotatable bonds is 9. The first-order chi connectivity index (χ1) is 17.0. The summed E-state index contributed by atoms with van der Waals surface area (Å²) in [4.78, 5) is 28.0. The average molecular weight is 471 g/mol. The molecular formula is C28H30N4O3. The molecule has 180 valence electrons. The van der Waals surface area contributed by atoms with Gasteiger partial charge in [-0.1, -0.05) is 65.8 Å². The smallest absolute Gasteiger partial charge is 0.267 e. The number of hydrogen-bond acceptors (Lipinski definition) is 4. The lowest BCUT2D eigenvalue weighted by atomic mass is 10.00. The quantitative estimate of drug-likeness (QED) is 0.391. The molecule has 7 heteroatoms. The molecule has 0 bridgehead atoms. The van der Waals surface area contributed by atoms with E-state index in [0.717, 1.165) is 11.1 Å². The van der Waals surface area contributed by atoms with E-state index < -0.39 is 0 Å².